The van der Waals surface area contributed by atoms with Crippen molar-refractivity contribution in [3.05, 3.63) is 0 Å². The molecule has 0 rings (SSSR count). The zero-order valence-corrected chi connectivity index (χ0v) is 13.7. The van der Waals surface area contributed by atoms with Gasteiger partial charge in [-0.05, 0) is 6.42 Å². The summed E-state index contributed by atoms with van der Waals surface area (Å²) in [5, 5.41) is 8.52. The molecule has 0 aromatic rings. The molecule has 0 amide bonds. The van der Waals surface area contributed by atoms with Crippen LogP contribution in [0.4, 0.5) is 0 Å². The SMILES string of the molecule is CCCCCCCCCCCCCCCCCC(=O)O.[CaH2].[LiH]. The van der Waals surface area contributed by atoms with Crippen LogP contribution in [0, 0.1) is 0 Å². The van der Waals surface area contributed by atoms with Crippen LogP contribution >= 0.6 is 0 Å². The molecule has 1 N–H and O–H groups in total. The van der Waals surface area contributed by atoms with Crippen molar-refractivity contribution in [1.82, 2.24) is 0 Å². The molecule has 0 aromatic carbocycles. The molecule has 0 aromatic heterocycles. The van der Waals surface area contributed by atoms with Gasteiger partial charge in [0.1, 0.15) is 0 Å². The van der Waals surface area contributed by atoms with Gasteiger partial charge in [-0.25, -0.2) is 0 Å². The van der Waals surface area contributed by atoms with Gasteiger partial charge in [0.15, 0.2) is 0 Å². The van der Waals surface area contributed by atoms with Crippen LogP contribution in [0.5, 0.6) is 0 Å². The molecule has 0 aliphatic carbocycles. The van der Waals surface area contributed by atoms with Gasteiger partial charge in [-0.2, -0.15) is 0 Å². The topological polar surface area (TPSA) is 37.3 Å². The zero-order valence-electron chi connectivity index (χ0n) is 13.7. The van der Waals surface area contributed by atoms with Crippen molar-refractivity contribution in [2.75, 3.05) is 0 Å². The second-order valence-corrected chi connectivity index (χ2v) is 6.09. The van der Waals surface area contributed by atoms with E-state index in [4.69, 9.17) is 5.11 Å². The summed E-state index contributed by atoms with van der Waals surface area (Å²) in [7, 11) is 0. The van der Waals surface area contributed by atoms with Crippen LogP contribution < -0.4 is 0 Å². The van der Waals surface area contributed by atoms with Crippen molar-refractivity contribution in [3.63, 3.8) is 0 Å². The van der Waals surface area contributed by atoms with E-state index in [0.717, 1.165) is 12.8 Å². The van der Waals surface area contributed by atoms with Crippen molar-refractivity contribution in [2.45, 2.75) is 110 Å². The fraction of sp³-hybridized carbons (Fsp3) is 0.944. The fourth-order valence-electron chi connectivity index (χ4n) is 2.65. The molecule has 0 saturated heterocycles. The molecule has 2 nitrogen and oxygen atoms in total. The van der Waals surface area contributed by atoms with Crippen LogP contribution in [0.2, 0.25) is 0 Å². The van der Waals surface area contributed by atoms with E-state index in [9.17, 15) is 4.79 Å². The van der Waals surface area contributed by atoms with Crippen LogP contribution in [0.1, 0.15) is 110 Å². The fourth-order valence-corrected chi connectivity index (χ4v) is 2.65. The number of hydrogen-bond acceptors (Lipinski definition) is 1. The number of carboxylic acids is 1. The van der Waals surface area contributed by atoms with E-state index in [1.54, 1.807) is 0 Å². The standard InChI is InChI=1S/C18H36O2.Ca.Li.3H/c1-2-3-4-5-6-7-8-9-10-11-12-13-14-15-16-17-18(19)20;;;;;/h2-17H2,1H3,(H,19,20);;;;;. The van der Waals surface area contributed by atoms with Crippen LogP contribution in [-0.4, -0.2) is 67.7 Å². The molecule has 0 unspecified atom stereocenters. The van der Waals surface area contributed by atoms with Gasteiger partial charge >= 0.3 is 62.6 Å². The second-order valence-electron chi connectivity index (χ2n) is 6.09. The number of rotatable bonds is 16. The monoisotopic (exact) mass is 334 g/mol. The van der Waals surface area contributed by atoms with Crippen molar-refractivity contribution in [3.8, 4) is 0 Å². The Morgan fingerprint density at radius 1 is 0.636 bits per heavy atom. The number of unbranched alkanes of at least 4 members (excludes halogenated alkanes) is 14. The summed E-state index contributed by atoms with van der Waals surface area (Å²) >= 11 is 0. The average Bonchev–Trinajstić information content (AvgIpc) is 2.43. The van der Waals surface area contributed by atoms with Gasteiger partial charge in [0, 0.05) is 6.42 Å². The summed E-state index contributed by atoms with van der Waals surface area (Å²) in [5.74, 6) is -0.653. The molecule has 0 aliphatic rings. The molecular weight excluding hydrogens is 295 g/mol. The summed E-state index contributed by atoms with van der Waals surface area (Å²) < 4.78 is 0. The molecule has 0 bridgehead atoms. The van der Waals surface area contributed by atoms with Gasteiger partial charge in [0.05, 0.1) is 0 Å². The first-order valence-corrected chi connectivity index (χ1v) is 8.99. The molecule has 0 fully saturated rings. The molecule has 0 radical (unpaired) electrons. The molecule has 0 heterocycles. The Morgan fingerprint density at radius 3 is 1.18 bits per heavy atom. The molecule has 0 saturated carbocycles. The van der Waals surface area contributed by atoms with Gasteiger partial charge in [-0.3, -0.25) is 4.79 Å². The Balaban J connectivity index is -0.00000180. The Morgan fingerprint density at radius 2 is 0.909 bits per heavy atom. The maximum absolute atomic E-state index is 10.3. The quantitative estimate of drug-likeness (QED) is 0.326. The summed E-state index contributed by atoms with van der Waals surface area (Å²) in [5.41, 5.74) is 0. The third-order valence-electron chi connectivity index (χ3n) is 3.99. The van der Waals surface area contributed by atoms with E-state index in [0.29, 0.717) is 6.42 Å². The van der Waals surface area contributed by atoms with Crippen LogP contribution in [-0.2, 0) is 4.79 Å². The minimum absolute atomic E-state index is 0. The van der Waals surface area contributed by atoms with E-state index < -0.39 is 5.97 Å². The third kappa shape index (κ3) is 26.2. The summed E-state index contributed by atoms with van der Waals surface area (Å²) in [6.07, 6.45) is 20.2. The molecule has 0 aliphatic heterocycles. The van der Waals surface area contributed by atoms with Crippen molar-refractivity contribution in [1.29, 1.82) is 0 Å². The van der Waals surface area contributed by atoms with Gasteiger partial charge in [0.2, 0.25) is 0 Å². The van der Waals surface area contributed by atoms with E-state index >= 15 is 0 Å². The number of carboxylic acid groups (broad SMARTS) is 1. The molecular formula is C18H39CaLiO2. The average molecular weight is 335 g/mol. The van der Waals surface area contributed by atoms with Gasteiger partial charge in [0.25, 0.3) is 0 Å². The third-order valence-corrected chi connectivity index (χ3v) is 3.99. The first-order chi connectivity index (χ1) is 9.77. The Labute approximate surface area is 180 Å². The molecule has 0 atom stereocenters. The van der Waals surface area contributed by atoms with Gasteiger partial charge in [-0.1, -0.05) is 96.8 Å². The van der Waals surface area contributed by atoms with Gasteiger partial charge < -0.3 is 5.11 Å². The minimum atomic E-state index is -0.653. The van der Waals surface area contributed by atoms with Crippen LogP contribution in [0.3, 0.4) is 0 Å². The van der Waals surface area contributed by atoms with Crippen LogP contribution in [0.25, 0.3) is 0 Å². The van der Waals surface area contributed by atoms with E-state index in [-0.39, 0.29) is 56.6 Å². The Hall–Kier alpha value is 1.33. The number of aliphatic carboxylic acids is 1. The van der Waals surface area contributed by atoms with Crippen molar-refractivity contribution >= 4 is 62.6 Å². The van der Waals surface area contributed by atoms with E-state index in [2.05, 4.69) is 6.92 Å². The first kappa shape index (κ1) is 28.1. The zero-order chi connectivity index (χ0) is 14.9. The molecule has 126 valence electrons. The number of carbonyl (C=O) groups is 1. The van der Waals surface area contributed by atoms with E-state index in [1.807, 2.05) is 0 Å². The summed E-state index contributed by atoms with van der Waals surface area (Å²) in [6.45, 7) is 2.27. The van der Waals surface area contributed by atoms with E-state index in [1.165, 1.54) is 83.5 Å². The molecule has 4 heteroatoms. The number of hydrogen-bond donors (Lipinski definition) is 1. The molecule has 22 heavy (non-hydrogen) atoms. The second kappa shape index (κ2) is 24.6. The van der Waals surface area contributed by atoms with Crippen LogP contribution in [0.15, 0.2) is 0 Å². The molecule has 0 spiro atoms. The first-order valence-electron chi connectivity index (χ1n) is 8.99. The summed E-state index contributed by atoms with van der Waals surface area (Å²) in [6, 6.07) is 0. The Kier molecular flexibility index (Phi) is 31.4. The normalized spacial score (nSPS) is 9.86. The van der Waals surface area contributed by atoms with Crippen molar-refractivity contribution in [2.24, 2.45) is 0 Å². The Bertz CT molecular complexity index is 213. The predicted octanol–water partition coefficient (Wildman–Crippen LogP) is 4.77. The maximum atomic E-state index is 10.3. The summed E-state index contributed by atoms with van der Waals surface area (Å²) in [4.78, 5) is 10.3. The van der Waals surface area contributed by atoms with Crippen molar-refractivity contribution < 1.29 is 9.90 Å². The predicted molar refractivity (Wildman–Crippen MR) is 103 cm³/mol. The van der Waals surface area contributed by atoms with Gasteiger partial charge in [-0.15, -0.1) is 0 Å².